The van der Waals surface area contributed by atoms with Crippen molar-refractivity contribution in [3.8, 4) is 22.3 Å². The van der Waals surface area contributed by atoms with Crippen LogP contribution in [0.4, 0.5) is 0 Å². The van der Waals surface area contributed by atoms with E-state index < -0.39 is 7.92 Å². The molecule has 0 saturated carbocycles. The highest BCUT2D eigenvalue weighted by Gasteiger charge is 2.51. The standard InChI is InChI=1S/C37H24BrP/c38-25-19-21-31-32-22-20-28(39(26-11-3-1-4-12-26)27-13-5-2-6-14-27)24-36(32)37(35(31)23-25)33-17-9-7-15-29(33)30-16-8-10-18-34(30)37/h1-24H. The summed E-state index contributed by atoms with van der Waals surface area (Å²) in [6, 6.07) is 54.2. The van der Waals surface area contributed by atoms with Crippen molar-refractivity contribution in [3.05, 3.63) is 172 Å². The van der Waals surface area contributed by atoms with Crippen molar-refractivity contribution in [2.24, 2.45) is 0 Å². The van der Waals surface area contributed by atoms with Crippen LogP contribution in [0.25, 0.3) is 22.3 Å². The lowest BCUT2D eigenvalue weighted by molar-refractivity contribution is 0.794. The molecule has 0 radical (unpaired) electrons. The molecule has 39 heavy (non-hydrogen) atoms. The molecule has 0 nitrogen and oxygen atoms in total. The van der Waals surface area contributed by atoms with Gasteiger partial charge in [0.2, 0.25) is 0 Å². The lowest BCUT2D eigenvalue weighted by Crippen LogP contribution is -2.28. The van der Waals surface area contributed by atoms with E-state index in [-0.39, 0.29) is 5.41 Å². The van der Waals surface area contributed by atoms with Crippen molar-refractivity contribution in [2.75, 3.05) is 0 Å². The van der Waals surface area contributed by atoms with E-state index in [0.29, 0.717) is 0 Å². The third-order valence-corrected chi connectivity index (χ3v) is 11.2. The highest BCUT2D eigenvalue weighted by atomic mass is 79.9. The molecule has 0 amide bonds. The van der Waals surface area contributed by atoms with Crippen molar-refractivity contribution in [2.45, 2.75) is 5.41 Å². The lowest BCUT2D eigenvalue weighted by Gasteiger charge is -2.31. The molecule has 2 heteroatoms. The number of hydrogen-bond acceptors (Lipinski definition) is 0. The van der Waals surface area contributed by atoms with Gasteiger partial charge >= 0.3 is 0 Å². The molecule has 0 unspecified atom stereocenters. The number of benzene rings is 6. The maximum Gasteiger partial charge on any atom is 0.0726 e. The zero-order chi connectivity index (χ0) is 26.0. The maximum absolute atomic E-state index is 3.82. The number of fused-ring (bicyclic) bond motifs is 10. The van der Waals surface area contributed by atoms with E-state index in [1.807, 2.05) is 0 Å². The van der Waals surface area contributed by atoms with Crippen LogP contribution in [0.3, 0.4) is 0 Å². The van der Waals surface area contributed by atoms with Gasteiger partial charge in [0.15, 0.2) is 0 Å². The fourth-order valence-corrected chi connectivity index (χ4v) is 9.52. The predicted molar refractivity (Wildman–Crippen MR) is 169 cm³/mol. The van der Waals surface area contributed by atoms with E-state index in [4.69, 9.17) is 0 Å². The molecule has 184 valence electrons. The zero-order valence-electron chi connectivity index (χ0n) is 21.2. The topological polar surface area (TPSA) is 0 Å². The van der Waals surface area contributed by atoms with Crippen molar-refractivity contribution >= 4 is 39.8 Å². The first kappa shape index (κ1) is 23.1. The molecule has 0 saturated heterocycles. The third kappa shape index (κ3) is 3.27. The molecule has 0 aliphatic heterocycles. The Morgan fingerprint density at radius 1 is 0.385 bits per heavy atom. The van der Waals surface area contributed by atoms with Gasteiger partial charge in [-0.1, -0.05) is 143 Å². The average molecular weight is 579 g/mol. The van der Waals surface area contributed by atoms with Crippen molar-refractivity contribution in [3.63, 3.8) is 0 Å². The van der Waals surface area contributed by atoms with Gasteiger partial charge in [0.25, 0.3) is 0 Å². The summed E-state index contributed by atoms with van der Waals surface area (Å²) in [6.07, 6.45) is 0. The first-order valence-corrected chi connectivity index (χ1v) is 15.4. The second kappa shape index (κ2) is 8.88. The van der Waals surface area contributed by atoms with Gasteiger partial charge in [-0.2, -0.15) is 0 Å². The van der Waals surface area contributed by atoms with Gasteiger partial charge in [-0.3, -0.25) is 0 Å². The molecule has 2 aliphatic rings. The third-order valence-electron chi connectivity index (χ3n) is 8.32. The highest BCUT2D eigenvalue weighted by molar-refractivity contribution is 9.10. The monoisotopic (exact) mass is 578 g/mol. The summed E-state index contributed by atoms with van der Waals surface area (Å²) in [7, 11) is -0.710. The lowest BCUT2D eigenvalue weighted by atomic mass is 9.70. The van der Waals surface area contributed by atoms with E-state index >= 15 is 0 Å². The van der Waals surface area contributed by atoms with Gasteiger partial charge in [-0.05, 0) is 86.5 Å². The summed E-state index contributed by atoms with van der Waals surface area (Å²) in [4.78, 5) is 0. The first-order chi connectivity index (χ1) is 19.3. The minimum absolute atomic E-state index is 0.341. The van der Waals surface area contributed by atoms with E-state index in [2.05, 4.69) is 162 Å². The Hall–Kier alpha value is -3.77. The van der Waals surface area contributed by atoms with E-state index in [9.17, 15) is 0 Å². The average Bonchev–Trinajstić information content (AvgIpc) is 3.45. The Morgan fingerprint density at radius 2 is 0.846 bits per heavy atom. The Morgan fingerprint density at radius 3 is 1.44 bits per heavy atom. The van der Waals surface area contributed by atoms with Gasteiger partial charge < -0.3 is 0 Å². The molecular formula is C37H24BrP. The molecule has 0 bridgehead atoms. The molecule has 0 fully saturated rings. The summed E-state index contributed by atoms with van der Waals surface area (Å²) in [5.74, 6) is 0. The van der Waals surface area contributed by atoms with Crippen molar-refractivity contribution < 1.29 is 0 Å². The predicted octanol–water partition coefficient (Wildman–Crippen LogP) is 8.55. The summed E-state index contributed by atoms with van der Waals surface area (Å²) in [6.45, 7) is 0. The maximum atomic E-state index is 3.82. The number of rotatable bonds is 3. The Labute approximate surface area is 238 Å². The molecule has 6 aromatic rings. The molecule has 1 spiro atoms. The van der Waals surface area contributed by atoms with Gasteiger partial charge in [0.05, 0.1) is 5.41 Å². The molecule has 6 aromatic carbocycles. The largest absolute Gasteiger partial charge is 0.0726 e. The van der Waals surface area contributed by atoms with Crippen LogP contribution in [0, 0.1) is 0 Å². The first-order valence-electron chi connectivity index (χ1n) is 13.3. The van der Waals surface area contributed by atoms with Crippen LogP contribution in [0.2, 0.25) is 0 Å². The second-order valence-electron chi connectivity index (χ2n) is 10.3. The molecule has 8 rings (SSSR count). The molecular weight excluding hydrogens is 555 g/mol. The zero-order valence-corrected chi connectivity index (χ0v) is 23.7. The fourth-order valence-electron chi connectivity index (χ4n) is 6.84. The number of hydrogen-bond donors (Lipinski definition) is 0. The second-order valence-corrected chi connectivity index (χ2v) is 13.4. The van der Waals surface area contributed by atoms with E-state index in [1.54, 1.807) is 0 Å². The Balaban J connectivity index is 1.46. The molecule has 0 heterocycles. The van der Waals surface area contributed by atoms with Gasteiger partial charge in [-0.25, -0.2) is 0 Å². The van der Waals surface area contributed by atoms with Crippen LogP contribution in [0.5, 0.6) is 0 Å². The molecule has 0 aromatic heterocycles. The van der Waals surface area contributed by atoms with Crippen LogP contribution >= 0.6 is 23.9 Å². The summed E-state index contributed by atoms with van der Waals surface area (Å²) in [5.41, 5.74) is 10.5. The van der Waals surface area contributed by atoms with Gasteiger partial charge in [0, 0.05) is 4.47 Å². The van der Waals surface area contributed by atoms with Crippen LogP contribution in [0.15, 0.2) is 150 Å². The summed E-state index contributed by atoms with van der Waals surface area (Å²) >= 11 is 3.82. The van der Waals surface area contributed by atoms with E-state index in [1.165, 1.54) is 60.4 Å². The van der Waals surface area contributed by atoms with Gasteiger partial charge in [-0.15, -0.1) is 0 Å². The Kier molecular flexibility index (Phi) is 5.27. The molecule has 0 N–H and O–H groups in total. The summed E-state index contributed by atoms with van der Waals surface area (Å²) in [5, 5.41) is 4.13. The van der Waals surface area contributed by atoms with E-state index in [0.717, 1.165) is 4.47 Å². The highest BCUT2D eigenvalue weighted by Crippen LogP contribution is 2.63. The SMILES string of the molecule is Brc1ccc2c(c1)C1(c3ccccc3-c3ccccc31)c1cc(P(c3ccccc3)c3ccccc3)ccc1-2. The molecule has 0 atom stereocenters. The summed E-state index contributed by atoms with van der Waals surface area (Å²) < 4.78 is 1.12. The van der Waals surface area contributed by atoms with Crippen LogP contribution < -0.4 is 15.9 Å². The number of halogens is 1. The van der Waals surface area contributed by atoms with Crippen LogP contribution in [-0.2, 0) is 5.41 Å². The minimum Gasteiger partial charge on any atom is -0.0622 e. The normalized spacial score (nSPS) is 13.7. The van der Waals surface area contributed by atoms with Crippen LogP contribution in [0.1, 0.15) is 22.3 Å². The smallest absolute Gasteiger partial charge is 0.0622 e. The van der Waals surface area contributed by atoms with Crippen molar-refractivity contribution in [1.29, 1.82) is 0 Å². The van der Waals surface area contributed by atoms with Gasteiger partial charge in [0.1, 0.15) is 0 Å². The van der Waals surface area contributed by atoms with Crippen LogP contribution in [-0.4, -0.2) is 0 Å². The Bertz CT molecular complexity index is 1790. The van der Waals surface area contributed by atoms with Crippen molar-refractivity contribution in [1.82, 2.24) is 0 Å². The molecule has 2 aliphatic carbocycles. The fraction of sp³-hybridized carbons (Fsp3) is 0.0270. The minimum atomic E-state index is -0.710. The quantitative estimate of drug-likeness (QED) is 0.184.